The van der Waals surface area contributed by atoms with E-state index in [1.165, 1.54) is 6.92 Å². The molecule has 0 atom stereocenters. The van der Waals surface area contributed by atoms with E-state index in [0.717, 1.165) is 22.2 Å². The molecule has 0 spiro atoms. The Bertz CT molecular complexity index is 1410. The van der Waals surface area contributed by atoms with Crippen LogP contribution in [0.1, 0.15) is 35.7 Å². The van der Waals surface area contributed by atoms with Crippen molar-refractivity contribution in [2.24, 2.45) is 5.10 Å². The number of hydrazone groups is 1. The van der Waals surface area contributed by atoms with E-state index in [4.69, 9.17) is 0 Å². The van der Waals surface area contributed by atoms with Crippen molar-refractivity contribution in [1.82, 2.24) is 30.4 Å². The lowest BCUT2D eigenvalue weighted by Crippen LogP contribution is -2.33. The van der Waals surface area contributed by atoms with Crippen LogP contribution >= 0.6 is 0 Å². The van der Waals surface area contributed by atoms with Crippen LogP contribution in [-0.2, 0) is 16.1 Å². The molecule has 4 rings (SSSR count). The van der Waals surface area contributed by atoms with E-state index in [9.17, 15) is 14.4 Å². The van der Waals surface area contributed by atoms with E-state index < -0.39 is 0 Å². The van der Waals surface area contributed by atoms with Crippen LogP contribution in [0.25, 0.3) is 16.6 Å². The number of aromatic nitrogens is 3. The van der Waals surface area contributed by atoms with Gasteiger partial charge < -0.3 is 15.2 Å². The second kappa shape index (κ2) is 12.3. The highest BCUT2D eigenvalue weighted by molar-refractivity contribution is 5.98. The summed E-state index contributed by atoms with van der Waals surface area (Å²) in [6, 6.07) is 16.9. The number of hydrogen-bond acceptors (Lipinski definition) is 5. The topological polar surface area (TPSA) is 122 Å². The fourth-order valence-corrected chi connectivity index (χ4v) is 3.87. The Labute approximate surface area is 214 Å². The van der Waals surface area contributed by atoms with E-state index in [1.807, 2.05) is 60.9 Å². The highest BCUT2D eigenvalue weighted by atomic mass is 16.2. The van der Waals surface area contributed by atoms with Gasteiger partial charge in [-0.3, -0.25) is 14.4 Å². The summed E-state index contributed by atoms with van der Waals surface area (Å²) in [5.74, 6) is -0.464. The number of rotatable bonds is 11. The van der Waals surface area contributed by atoms with E-state index in [0.29, 0.717) is 38.0 Å². The van der Waals surface area contributed by atoms with Crippen molar-refractivity contribution in [3.8, 4) is 5.69 Å². The molecule has 3 amide bonds. The average Bonchev–Trinajstić information content (AvgIpc) is 3.57. The molecule has 3 N–H and O–H groups in total. The third kappa shape index (κ3) is 7.14. The van der Waals surface area contributed by atoms with Crippen LogP contribution in [0.2, 0.25) is 0 Å². The first kappa shape index (κ1) is 25.4. The molecule has 2 aromatic heterocycles. The molecular weight excluding hydrogens is 470 g/mol. The predicted molar refractivity (Wildman–Crippen MR) is 141 cm³/mol. The quantitative estimate of drug-likeness (QED) is 0.167. The number of nitrogens with zero attached hydrogens (tertiary/aromatic N) is 4. The summed E-state index contributed by atoms with van der Waals surface area (Å²) in [5.41, 5.74) is 5.81. The van der Waals surface area contributed by atoms with Crippen molar-refractivity contribution in [1.29, 1.82) is 0 Å². The molecule has 0 saturated heterocycles. The fourth-order valence-electron chi connectivity index (χ4n) is 3.87. The first-order valence-electron chi connectivity index (χ1n) is 12.0. The first-order valence-corrected chi connectivity index (χ1v) is 12.0. The van der Waals surface area contributed by atoms with Gasteiger partial charge in [-0.2, -0.15) is 10.2 Å². The Hall–Kier alpha value is -4.73. The number of aryl methyl sites for hydroxylation is 1. The SMILES string of the molecule is CC(=O)NCCNC(=O)CCCn1ccc2cc(C(=O)NN=Cc3cccc(-n4cccn4)c3)ccc21. The van der Waals surface area contributed by atoms with Crippen LogP contribution in [0.5, 0.6) is 0 Å². The van der Waals surface area contributed by atoms with Gasteiger partial charge >= 0.3 is 0 Å². The lowest BCUT2D eigenvalue weighted by Gasteiger charge is -2.08. The molecule has 2 heterocycles. The summed E-state index contributed by atoms with van der Waals surface area (Å²) >= 11 is 0. The summed E-state index contributed by atoms with van der Waals surface area (Å²) in [5, 5.41) is 14.7. The molecule has 10 heteroatoms. The normalized spacial score (nSPS) is 11.1. The molecule has 0 fully saturated rings. The molecule has 2 aromatic carbocycles. The lowest BCUT2D eigenvalue weighted by molar-refractivity contribution is -0.122. The fraction of sp³-hybridized carbons (Fsp3) is 0.222. The smallest absolute Gasteiger partial charge is 0.271 e. The van der Waals surface area contributed by atoms with Crippen molar-refractivity contribution >= 4 is 34.8 Å². The minimum Gasteiger partial charge on any atom is -0.355 e. The summed E-state index contributed by atoms with van der Waals surface area (Å²) < 4.78 is 3.81. The summed E-state index contributed by atoms with van der Waals surface area (Å²) in [7, 11) is 0. The second-order valence-corrected chi connectivity index (χ2v) is 8.46. The number of fused-ring (bicyclic) bond motifs is 1. The van der Waals surface area contributed by atoms with Gasteiger partial charge in [0.1, 0.15) is 0 Å². The molecule has 0 aliphatic carbocycles. The number of amides is 3. The summed E-state index contributed by atoms with van der Waals surface area (Å²) in [4.78, 5) is 35.4. The molecule has 10 nitrogen and oxygen atoms in total. The van der Waals surface area contributed by atoms with Crippen molar-refractivity contribution in [2.45, 2.75) is 26.3 Å². The monoisotopic (exact) mass is 499 g/mol. The molecule has 0 bridgehead atoms. The van der Waals surface area contributed by atoms with E-state index in [2.05, 4.69) is 30.8 Å². The van der Waals surface area contributed by atoms with Crippen LogP contribution in [-0.4, -0.2) is 51.4 Å². The number of carbonyl (C=O) groups excluding carboxylic acids is 3. The zero-order valence-corrected chi connectivity index (χ0v) is 20.6. The van der Waals surface area contributed by atoms with Crippen molar-refractivity contribution in [3.05, 3.63) is 84.3 Å². The van der Waals surface area contributed by atoms with E-state index >= 15 is 0 Å². The van der Waals surface area contributed by atoms with Gasteiger partial charge in [0.2, 0.25) is 11.8 Å². The van der Waals surface area contributed by atoms with Crippen LogP contribution in [0, 0.1) is 0 Å². The average molecular weight is 500 g/mol. The van der Waals surface area contributed by atoms with Crippen LogP contribution in [0.15, 0.2) is 78.3 Å². The van der Waals surface area contributed by atoms with Gasteiger partial charge in [0.15, 0.2) is 0 Å². The van der Waals surface area contributed by atoms with Gasteiger partial charge in [-0.05, 0) is 54.4 Å². The summed E-state index contributed by atoms with van der Waals surface area (Å²) in [6.45, 7) is 2.95. The van der Waals surface area contributed by atoms with E-state index in [1.54, 1.807) is 23.2 Å². The maximum atomic E-state index is 12.6. The van der Waals surface area contributed by atoms with Crippen molar-refractivity contribution in [3.63, 3.8) is 0 Å². The van der Waals surface area contributed by atoms with Crippen LogP contribution < -0.4 is 16.1 Å². The molecule has 0 aliphatic heterocycles. The summed E-state index contributed by atoms with van der Waals surface area (Å²) in [6.07, 6.45) is 8.18. The highest BCUT2D eigenvalue weighted by Gasteiger charge is 2.09. The molecule has 0 saturated carbocycles. The van der Waals surface area contributed by atoms with E-state index in [-0.39, 0.29) is 17.7 Å². The predicted octanol–water partition coefficient (Wildman–Crippen LogP) is 2.62. The first-order chi connectivity index (χ1) is 18.0. The number of carbonyl (C=O) groups is 3. The van der Waals surface area contributed by atoms with Gasteiger partial charge in [0.05, 0.1) is 11.9 Å². The maximum absolute atomic E-state index is 12.6. The van der Waals surface area contributed by atoms with Crippen LogP contribution in [0.4, 0.5) is 0 Å². The molecule has 0 unspecified atom stereocenters. The van der Waals surface area contributed by atoms with Gasteiger partial charge in [0, 0.05) is 68.0 Å². The Balaban J connectivity index is 1.28. The maximum Gasteiger partial charge on any atom is 0.271 e. The highest BCUT2D eigenvalue weighted by Crippen LogP contribution is 2.18. The standard InChI is InChI=1S/C27H29N7O3/c1-20(35)28-12-13-29-26(36)7-3-14-33-16-10-22-18-23(8-9-25(22)33)27(37)32-30-19-21-5-2-6-24(17-21)34-15-4-11-31-34/h2,4-6,8-11,15-19H,3,7,12-14H2,1H3,(H,28,35)(H,29,36)(H,32,37). The third-order valence-corrected chi connectivity index (χ3v) is 5.68. The molecule has 190 valence electrons. The van der Waals surface area contributed by atoms with Gasteiger partial charge in [-0.15, -0.1) is 0 Å². The molecular formula is C27H29N7O3. The van der Waals surface area contributed by atoms with Crippen molar-refractivity contribution < 1.29 is 14.4 Å². The van der Waals surface area contributed by atoms with Gasteiger partial charge in [0.25, 0.3) is 5.91 Å². The van der Waals surface area contributed by atoms with Gasteiger partial charge in [-0.25, -0.2) is 10.1 Å². The Morgan fingerprint density at radius 1 is 1.00 bits per heavy atom. The zero-order chi connectivity index (χ0) is 26.0. The molecule has 4 aromatic rings. The molecule has 0 radical (unpaired) electrons. The third-order valence-electron chi connectivity index (χ3n) is 5.68. The number of hydrogen-bond donors (Lipinski definition) is 3. The van der Waals surface area contributed by atoms with Gasteiger partial charge in [-0.1, -0.05) is 12.1 Å². The second-order valence-electron chi connectivity index (χ2n) is 8.46. The molecule has 0 aliphatic rings. The molecule has 37 heavy (non-hydrogen) atoms. The largest absolute Gasteiger partial charge is 0.355 e. The zero-order valence-electron chi connectivity index (χ0n) is 20.6. The Morgan fingerprint density at radius 3 is 2.68 bits per heavy atom. The Morgan fingerprint density at radius 2 is 1.86 bits per heavy atom. The number of nitrogens with one attached hydrogen (secondary N) is 3. The number of benzene rings is 2. The lowest BCUT2D eigenvalue weighted by atomic mass is 10.1. The Kier molecular flexibility index (Phi) is 8.43. The minimum absolute atomic E-state index is 0.0468. The minimum atomic E-state index is -0.301. The van der Waals surface area contributed by atoms with Crippen molar-refractivity contribution in [2.75, 3.05) is 13.1 Å². The van der Waals surface area contributed by atoms with Crippen LogP contribution in [0.3, 0.4) is 0 Å².